The number of carbonyl (C=O) groups is 1. The Hall–Kier alpha value is -2.84. The summed E-state index contributed by atoms with van der Waals surface area (Å²) in [5.41, 5.74) is 0.0621. The van der Waals surface area contributed by atoms with E-state index in [0.717, 1.165) is 11.8 Å². The van der Waals surface area contributed by atoms with Crippen molar-refractivity contribution in [2.24, 2.45) is 0 Å². The molecule has 2 aromatic rings. The summed E-state index contributed by atoms with van der Waals surface area (Å²) in [6.07, 6.45) is -4.55. The van der Waals surface area contributed by atoms with Gasteiger partial charge in [-0.15, -0.1) is 0 Å². The number of urea groups is 1. The van der Waals surface area contributed by atoms with E-state index in [9.17, 15) is 18.0 Å². The lowest BCUT2D eigenvalue weighted by Gasteiger charge is -2.15. The number of para-hydroxylation sites is 1. The SMILES string of the molecule is Cc1cc(CNC(=O)Nc2ccccc2C(F)(F)F)nc(N(C)C)n1. The topological polar surface area (TPSA) is 70.2 Å². The summed E-state index contributed by atoms with van der Waals surface area (Å²) in [5.74, 6) is 0.486. The number of aromatic nitrogens is 2. The summed E-state index contributed by atoms with van der Waals surface area (Å²) in [7, 11) is 3.57. The number of alkyl halides is 3. The summed E-state index contributed by atoms with van der Waals surface area (Å²) < 4.78 is 38.8. The largest absolute Gasteiger partial charge is 0.418 e. The molecule has 9 heteroatoms. The summed E-state index contributed by atoms with van der Waals surface area (Å²) in [6, 6.07) is 5.73. The first kappa shape index (κ1) is 18.5. The molecule has 25 heavy (non-hydrogen) atoms. The Labute approximate surface area is 143 Å². The fraction of sp³-hybridized carbons (Fsp3) is 0.312. The highest BCUT2D eigenvalue weighted by molar-refractivity contribution is 5.90. The number of aryl methyl sites for hydroxylation is 1. The quantitative estimate of drug-likeness (QED) is 0.886. The molecule has 0 unspecified atom stereocenters. The van der Waals surface area contributed by atoms with Crippen LogP contribution in [-0.2, 0) is 12.7 Å². The van der Waals surface area contributed by atoms with Gasteiger partial charge in [0.05, 0.1) is 23.5 Å². The fourth-order valence-electron chi connectivity index (χ4n) is 2.08. The number of carbonyl (C=O) groups excluding carboxylic acids is 1. The Balaban J connectivity index is 2.05. The highest BCUT2D eigenvalue weighted by atomic mass is 19.4. The Kier molecular flexibility index (Phi) is 5.45. The number of anilines is 2. The molecule has 1 heterocycles. The minimum absolute atomic E-state index is 0.0597. The Morgan fingerprint density at radius 2 is 1.88 bits per heavy atom. The molecule has 0 aliphatic heterocycles. The fourth-order valence-corrected chi connectivity index (χ4v) is 2.08. The van der Waals surface area contributed by atoms with Gasteiger partial charge >= 0.3 is 12.2 Å². The van der Waals surface area contributed by atoms with E-state index in [1.165, 1.54) is 18.2 Å². The van der Waals surface area contributed by atoms with Crippen LogP contribution in [0.4, 0.5) is 29.6 Å². The molecule has 0 spiro atoms. The Morgan fingerprint density at radius 1 is 1.20 bits per heavy atom. The number of hydrogen-bond acceptors (Lipinski definition) is 4. The van der Waals surface area contributed by atoms with E-state index < -0.39 is 17.8 Å². The monoisotopic (exact) mass is 353 g/mol. The minimum Gasteiger partial charge on any atom is -0.347 e. The third kappa shape index (κ3) is 5.07. The molecular formula is C16H18F3N5O. The zero-order valence-electron chi connectivity index (χ0n) is 14.0. The van der Waals surface area contributed by atoms with E-state index in [4.69, 9.17) is 0 Å². The zero-order chi connectivity index (χ0) is 18.6. The van der Waals surface area contributed by atoms with Gasteiger partial charge < -0.3 is 15.5 Å². The molecule has 1 aromatic carbocycles. The van der Waals surface area contributed by atoms with Crippen molar-refractivity contribution >= 4 is 17.7 Å². The molecule has 0 aliphatic carbocycles. The number of rotatable bonds is 4. The van der Waals surface area contributed by atoms with E-state index in [-0.39, 0.29) is 12.2 Å². The summed E-state index contributed by atoms with van der Waals surface area (Å²) in [4.78, 5) is 22.1. The number of nitrogens with zero attached hydrogens (tertiary/aromatic N) is 3. The third-order valence-corrected chi connectivity index (χ3v) is 3.21. The lowest BCUT2D eigenvalue weighted by Crippen LogP contribution is -2.30. The number of halogens is 3. The van der Waals surface area contributed by atoms with Crippen molar-refractivity contribution in [3.8, 4) is 0 Å². The number of nitrogens with one attached hydrogen (secondary N) is 2. The lowest BCUT2D eigenvalue weighted by molar-refractivity contribution is -0.136. The molecule has 0 radical (unpaired) electrons. The van der Waals surface area contributed by atoms with Crippen LogP contribution in [0, 0.1) is 6.92 Å². The maximum absolute atomic E-state index is 12.9. The van der Waals surface area contributed by atoms with Crippen LogP contribution in [0.15, 0.2) is 30.3 Å². The van der Waals surface area contributed by atoms with E-state index in [1.807, 2.05) is 0 Å². The van der Waals surface area contributed by atoms with Gasteiger partial charge in [-0.3, -0.25) is 0 Å². The van der Waals surface area contributed by atoms with Gasteiger partial charge in [-0.05, 0) is 25.1 Å². The van der Waals surface area contributed by atoms with Gasteiger partial charge in [-0.25, -0.2) is 14.8 Å². The molecule has 0 fully saturated rings. The van der Waals surface area contributed by atoms with Crippen molar-refractivity contribution in [1.29, 1.82) is 0 Å². The van der Waals surface area contributed by atoms with Gasteiger partial charge in [0.1, 0.15) is 0 Å². The van der Waals surface area contributed by atoms with E-state index in [2.05, 4.69) is 20.6 Å². The summed E-state index contributed by atoms with van der Waals surface area (Å²) in [6.45, 7) is 1.85. The number of benzene rings is 1. The van der Waals surface area contributed by atoms with Gasteiger partial charge in [-0.1, -0.05) is 12.1 Å². The molecule has 0 saturated carbocycles. The van der Waals surface area contributed by atoms with E-state index in [0.29, 0.717) is 11.6 Å². The molecule has 0 saturated heterocycles. The van der Waals surface area contributed by atoms with E-state index >= 15 is 0 Å². The maximum atomic E-state index is 12.9. The molecule has 134 valence electrons. The average molecular weight is 353 g/mol. The minimum atomic E-state index is -4.55. The molecule has 0 bridgehead atoms. The normalized spacial score (nSPS) is 11.1. The Morgan fingerprint density at radius 3 is 2.52 bits per heavy atom. The first-order valence-electron chi connectivity index (χ1n) is 7.40. The third-order valence-electron chi connectivity index (χ3n) is 3.21. The van der Waals surface area contributed by atoms with Crippen molar-refractivity contribution in [2.75, 3.05) is 24.3 Å². The van der Waals surface area contributed by atoms with Crippen LogP contribution in [0.2, 0.25) is 0 Å². The van der Waals surface area contributed by atoms with Crippen molar-refractivity contribution in [3.05, 3.63) is 47.3 Å². The van der Waals surface area contributed by atoms with Gasteiger partial charge in [0.2, 0.25) is 5.95 Å². The van der Waals surface area contributed by atoms with Gasteiger partial charge in [0, 0.05) is 19.8 Å². The summed E-state index contributed by atoms with van der Waals surface area (Å²) >= 11 is 0. The van der Waals surface area contributed by atoms with Gasteiger partial charge in [-0.2, -0.15) is 13.2 Å². The van der Waals surface area contributed by atoms with Crippen molar-refractivity contribution in [3.63, 3.8) is 0 Å². The second kappa shape index (κ2) is 7.37. The predicted molar refractivity (Wildman–Crippen MR) is 88.4 cm³/mol. The highest BCUT2D eigenvalue weighted by Crippen LogP contribution is 2.34. The molecule has 2 amide bonds. The maximum Gasteiger partial charge on any atom is 0.418 e. The smallest absolute Gasteiger partial charge is 0.347 e. The van der Waals surface area contributed by atoms with Gasteiger partial charge in [0.15, 0.2) is 0 Å². The molecule has 1 aromatic heterocycles. The Bertz CT molecular complexity index is 762. The number of hydrogen-bond donors (Lipinski definition) is 2. The van der Waals surface area contributed by atoms with E-state index in [1.54, 1.807) is 32.0 Å². The van der Waals surface area contributed by atoms with Crippen LogP contribution in [-0.4, -0.2) is 30.1 Å². The van der Waals surface area contributed by atoms with Crippen LogP contribution in [0.3, 0.4) is 0 Å². The first-order valence-corrected chi connectivity index (χ1v) is 7.40. The molecule has 2 rings (SSSR count). The molecule has 0 atom stereocenters. The zero-order valence-corrected chi connectivity index (χ0v) is 14.0. The molecule has 0 aliphatic rings. The molecule has 6 nitrogen and oxygen atoms in total. The second-order valence-corrected chi connectivity index (χ2v) is 5.55. The first-order chi connectivity index (χ1) is 11.7. The molecule has 2 N–H and O–H groups in total. The van der Waals surface area contributed by atoms with Crippen LogP contribution < -0.4 is 15.5 Å². The lowest BCUT2D eigenvalue weighted by atomic mass is 10.1. The second-order valence-electron chi connectivity index (χ2n) is 5.55. The van der Waals surface area contributed by atoms with Crippen LogP contribution >= 0.6 is 0 Å². The van der Waals surface area contributed by atoms with Crippen LogP contribution in [0.25, 0.3) is 0 Å². The standard InChI is InChI=1S/C16H18F3N5O/c1-10-8-11(22-14(21-10)24(2)3)9-20-15(25)23-13-7-5-4-6-12(13)16(17,18)19/h4-8H,9H2,1-3H3,(H2,20,23,25). The van der Waals surface area contributed by atoms with Crippen LogP contribution in [0.1, 0.15) is 17.0 Å². The van der Waals surface area contributed by atoms with Crippen molar-refractivity contribution < 1.29 is 18.0 Å². The summed E-state index contributed by atoms with van der Waals surface area (Å²) in [5, 5.41) is 4.71. The average Bonchev–Trinajstić information content (AvgIpc) is 2.52. The van der Waals surface area contributed by atoms with Crippen molar-refractivity contribution in [1.82, 2.24) is 15.3 Å². The number of amides is 2. The van der Waals surface area contributed by atoms with Crippen molar-refractivity contribution in [2.45, 2.75) is 19.6 Å². The predicted octanol–water partition coefficient (Wildman–Crippen LogP) is 3.19. The highest BCUT2D eigenvalue weighted by Gasteiger charge is 2.33. The van der Waals surface area contributed by atoms with Gasteiger partial charge in [0.25, 0.3) is 0 Å². The van der Waals surface area contributed by atoms with Crippen LogP contribution in [0.5, 0.6) is 0 Å². The molecular weight excluding hydrogens is 335 g/mol.